The Morgan fingerprint density at radius 1 is 0.923 bits per heavy atom. The van der Waals surface area contributed by atoms with Crippen molar-refractivity contribution in [2.45, 2.75) is 47.9 Å². The number of carbonyl (C=O) groups excluding carboxylic acids is 1. The third kappa shape index (κ3) is 3.03. The van der Waals surface area contributed by atoms with E-state index >= 15 is 0 Å². The zero-order valence-electron chi connectivity index (χ0n) is 14.2. The first-order chi connectivity index (χ1) is 12.5. The summed E-state index contributed by atoms with van der Waals surface area (Å²) in [4.78, 5) is 15.2. The summed E-state index contributed by atoms with van der Waals surface area (Å²) in [6.07, 6.45) is 2.75. The second kappa shape index (κ2) is 6.71. The second-order valence-corrected chi connectivity index (χ2v) is 9.72. The number of carbonyl (C=O) groups is 1. The van der Waals surface area contributed by atoms with Gasteiger partial charge in [0.25, 0.3) is 5.91 Å². The normalized spacial score (nSPS) is 25.3. The van der Waals surface area contributed by atoms with Crippen molar-refractivity contribution in [2.24, 2.45) is 0 Å². The van der Waals surface area contributed by atoms with Crippen LogP contribution in [-0.4, -0.2) is 36.6 Å². The monoisotopic (exact) mass is 389 g/mol. The highest BCUT2D eigenvalue weighted by Crippen LogP contribution is 2.40. The molecule has 4 nitrogen and oxygen atoms in total. The molecule has 0 spiro atoms. The fourth-order valence-corrected chi connectivity index (χ4v) is 6.25. The van der Waals surface area contributed by atoms with Crippen molar-refractivity contribution in [2.75, 3.05) is 0 Å². The van der Waals surface area contributed by atoms with Gasteiger partial charge in [0.15, 0.2) is 9.84 Å². The van der Waals surface area contributed by atoms with Crippen molar-refractivity contribution in [3.63, 3.8) is 0 Å². The van der Waals surface area contributed by atoms with Gasteiger partial charge in [-0.05, 0) is 62.1 Å². The third-order valence-corrected chi connectivity index (χ3v) is 7.97. The number of hydrogen-bond donors (Lipinski definition) is 0. The molecule has 2 aromatic carbocycles. The summed E-state index contributed by atoms with van der Waals surface area (Å²) in [5, 5.41) is 0.175. The first-order valence-electron chi connectivity index (χ1n) is 8.84. The number of nitrogens with zero attached hydrogens (tertiary/aromatic N) is 1. The predicted octanol–water partition coefficient (Wildman–Crippen LogP) is 3.95. The lowest BCUT2D eigenvalue weighted by atomic mass is 10.0. The van der Waals surface area contributed by atoms with Crippen molar-refractivity contribution < 1.29 is 13.2 Å². The average Bonchev–Trinajstić information content (AvgIpc) is 2.91. The zero-order chi connectivity index (χ0) is 18.3. The van der Waals surface area contributed by atoms with Crippen LogP contribution in [0.1, 0.15) is 36.0 Å². The van der Waals surface area contributed by atoms with Gasteiger partial charge in [0.05, 0.1) is 10.1 Å². The molecule has 0 aromatic heterocycles. The number of rotatable bonds is 3. The maximum atomic E-state index is 13.0. The van der Waals surface area contributed by atoms with Gasteiger partial charge in [-0.15, -0.1) is 0 Å². The molecule has 2 saturated heterocycles. The molecule has 3 atom stereocenters. The van der Waals surface area contributed by atoms with Gasteiger partial charge in [0, 0.05) is 22.7 Å². The SMILES string of the molecule is O=C(c1ccc(Cl)cc1)N1[C@@H]2CC[C@H]1CC(S(=O)(=O)c1ccccc1)C2. The van der Waals surface area contributed by atoms with Gasteiger partial charge in [-0.25, -0.2) is 8.42 Å². The summed E-state index contributed by atoms with van der Waals surface area (Å²) in [6.45, 7) is 0. The Labute approximate surface area is 158 Å². The van der Waals surface area contributed by atoms with Crippen LogP contribution in [0.3, 0.4) is 0 Å². The highest BCUT2D eigenvalue weighted by molar-refractivity contribution is 7.92. The Morgan fingerprint density at radius 2 is 1.50 bits per heavy atom. The molecule has 26 heavy (non-hydrogen) atoms. The van der Waals surface area contributed by atoms with Crippen LogP contribution >= 0.6 is 11.6 Å². The maximum Gasteiger partial charge on any atom is 0.254 e. The minimum atomic E-state index is -3.36. The summed E-state index contributed by atoms with van der Waals surface area (Å²) in [5.41, 5.74) is 0.607. The lowest BCUT2D eigenvalue weighted by Crippen LogP contribution is -2.49. The van der Waals surface area contributed by atoms with Gasteiger partial charge in [-0.1, -0.05) is 29.8 Å². The Hall–Kier alpha value is -1.85. The smallest absolute Gasteiger partial charge is 0.254 e. The Morgan fingerprint density at radius 3 is 2.08 bits per heavy atom. The minimum absolute atomic E-state index is 0.0135. The highest BCUT2D eigenvalue weighted by atomic mass is 35.5. The highest BCUT2D eigenvalue weighted by Gasteiger charge is 2.47. The number of piperidine rings is 1. The standard InChI is InChI=1S/C20H20ClNO3S/c21-15-8-6-14(7-9-15)20(23)22-16-10-11-17(22)13-19(12-16)26(24,25)18-4-2-1-3-5-18/h1-9,16-17,19H,10-13H2/t16-,17+,19?. The molecule has 0 aliphatic carbocycles. The summed E-state index contributed by atoms with van der Waals surface area (Å²) in [5.74, 6) is -0.0234. The van der Waals surface area contributed by atoms with Gasteiger partial charge in [0.1, 0.15) is 0 Å². The molecule has 2 aliphatic rings. The van der Waals surface area contributed by atoms with E-state index in [0.29, 0.717) is 28.3 Å². The molecule has 1 amide bonds. The Balaban J connectivity index is 1.56. The van der Waals surface area contributed by atoms with Crippen LogP contribution in [0.5, 0.6) is 0 Å². The van der Waals surface area contributed by atoms with Gasteiger partial charge in [-0.2, -0.15) is 0 Å². The lowest BCUT2D eigenvalue weighted by molar-refractivity contribution is 0.0598. The van der Waals surface area contributed by atoms with Crippen molar-refractivity contribution in [1.82, 2.24) is 4.90 Å². The molecule has 6 heteroatoms. The molecule has 2 heterocycles. The Kier molecular flexibility index (Phi) is 4.53. The van der Waals surface area contributed by atoms with E-state index in [4.69, 9.17) is 11.6 Å². The van der Waals surface area contributed by atoms with Crippen LogP contribution < -0.4 is 0 Å². The average molecular weight is 390 g/mol. The molecule has 2 fully saturated rings. The van der Waals surface area contributed by atoms with E-state index in [2.05, 4.69) is 0 Å². The molecule has 2 aromatic rings. The van der Waals surface area contributed by atoms with Gasteiger partial charge in [-0.3, -0.25) is 4.79 Å². The van der Waals surface area contributed by atoms with E-state index in [1.807, 2.05) is 11.0 Å². The molecule has 1 unspecified atom stereocenters. The van der Waals surface area contributed by atoms with Crippen LogP contribution in [0.2, 0.25) is 5.02 Å². The summed E-state index contributed by atoms with van der Waals surface area (Å²) in [6, 6.07) is 15.5. The number of hydrogen-bond acceptors (Lipinski definition) is 3. The fraction of sp³-hybridized carbons (Fsp3) is 0.350. The van der Waals surface area contributed by atoms with E-state index in [1.165, 1.54) is 0 Å². The van der Waals surface area contributed by atoms with Crippen LogP contribution in [0.15, 0.2) is 59.5 Å². The molecule has 2 aliphatic heterocycles. The maximum absolute atomic E-state index is 13.0. The molecule has 136 valence electrons. The first-order valence-corrected chi connectivity index (χ1v) is 10.8. The number of benzene rings is 2. The number of sulfone groups is 1. The fourth-order valence-electron chi connectivity index (χ4n) is 4.26. The number of halogens is 1. The van der Waals surface area contributed by atoms with Crippen molar-refractivity contribution in [1.29, 1.82) is 0 Å². The van der Waals surface area contributed by atoms with E-state index in [1.54, 1.807) is 48.5 Å². The van der Waals surface area contributed by atoms with E-state index in [-0.39, 0.29) is 18.0 Å². The summed E-state index contributed by atoms with van der Waals surface area (Å²) >= 11 is 5.91. The molecule has 0 N–H and O–H groups in total. The molecule has 4 rings (SSSR count). The van der Waals surface area contributed by atoms with Gasteiger partial charge < -0.3 is 4.90 Å². The predicted molar refractivity (Wildman–Crippen MR) is 101 cm³/mol. The summed E-state index contributed by atoms with van der Waals surface area (Å²) < 4.78 is 25.9. The molecule has 0 saturated carbocycles. The van der Waals surface area contributed by atoms with Crippen LogP contribution in [0.4, 0.5) is 0 Å². The lowest BCUT2D eigenvalue weighted by Gasteiger charge is -2.38. The topological polar surface area (TPSA) is 54.5 Å². The van der Waals surface area contributed by atoms with Crippen molar-refractivity contribution in [3.8, 4) is 0 Å². The van der Waals surface area contributed by atoms with Crippen LogP contribution in [-0.2, 0) is 9.84 Å². The third-order valence-electron chi connectivity index (χ3n) is 5.53. The quantitative estimate of drug-likeness (QED) is 0.798. The van der Waals surface area contributed by atoms with E-state index in [9.17, 15) is 13.2 Å². The van der Waals surface area contributed by atoms with Gasteiger partial charge in [0.2, 0.25) is 0 Å². The zero-order valence-corrected chi connectivity index (χ0v) is 15.8. The number of amides is 1. The van der Waals surface area contributed by atoms with Gasteiger partial charge >= 0.3 is 0 Å². The van der Waals surface area contributed by atoms with Crippen molar-refractivity contribution in [3.05, 3.63) is 65.2 Å². The van der Waals surface area contributed by atoms with Crippen LogP contribution in [0.25, 0.3) is 0 Å². The minimum Gasteiger partial charge on any atom is -0.333 e. The Bertz CT molecular complexity index is 898. The van der Waals surface area contributed by atoms with Crippen molar-refractivity contribution >= 4 is 27.3 Å². The van der Waals surface area contributed by atoms with Crippen LogP contribution in [0, 0.1) is 0 Å². The number of fused-ring (bicyclic) bond motifs is 2. The second-order valence-electron chi connectivity index (χ2n) is 7.06. The molecule has 2 bridgehead atoms. The van der Waals surface area contributed by atoms with E-state index in [0.717, 1.165) is 12.8 Å². The molecule has 0 radical (unpaired) electrons. The largest absolute Gasteiger partial charge is 0.333 e. The first kappa shape index (κ1) is 17.6. The van der Waals surface area contributed by atoms with E-state index < -0.39 is 15.1 Å². The summed E-state index contributed by atoms with van der Waals surface area (Å²) in [7, 11) is -3.36. The molecular weight excluding hydrogens is 370 g/mol. The molecular formula is C20H20ClNO3S.